The van der Waals surface area contributed by atoms with E-state index in [2.05, 4.69) is 33.1 Å². The van der Waals surface area contributed by atoms with E-state index in [1.54, 1.807) is 0 Å². The number of aromatic nitrogens is 3. The van der Waals surface area contributed by atoms with Crippen molar-refractivity contribution in [3.05, 3.63) is 23.7 Å². The highest BCUT2D eigenvalue weighted by Gasteiger charge is 2.18. The SMILES string of the molecule is CC.Cc1nc2nccn2c(N2CCCCC2)c1C. The number of nitrogens with zero attached hydrogens (tertiary/aromatic N) is 4. The first-order chi connectivity index (χ1) is 9.27. The Hall–Kier alpha value is -1.58. The molecule has 1 saturated heterocycles. The number of fused-ring (bicyclic) bond motifs is 1. The number of imidazole rings is 1. The van der Waals surface area contributed by atoms with Gasteiger partial charge in [0.25, 0.3) is 0 Å². The van der Waals surface area contributed by atoms with Crippen LogP contribution < -0.4 is 4.90 Å². The first-order valence-corrected chi connectivity index (χ1v) is 7.32. The van der Waals surface area contributed by atoms with Crippen LogP contribution in [-0.4, -0.2) is 27.5 Å². The molecule has 0 radical (unpaired) electrons. The lowest BCUT2D eigenvalue weighted by Crippen LogP contribution is -2.32. The molecular formula is C15H24N4. The molecule has 0 N–H and O–H groups in total. The van der Waals surface area contributed by atoms with Gasteiger partial charge in [0.05, 0.1) is 0 Å². The number of rotatable bonds is 1. The minimum absolute atomic E-state index is 0.814. The smallest absolute Gasteiger partial charge is 0.235 e. The van der Waals surface area contributed by atoms with Gasteiger partial charge in [0.15, 0.2) is 0 Å². The second-order valence-electron chi connectivity index (χ2n) is 4.79. The van der Waals surface area contributed by atoms with Gasteiger partial charge in [-0.15, -0.1) is 0 Å². The van der Waals surface area contributed by atoms with E-state index in [0.29, 0.717) is 0 Å². The van der Waals surface area contributed by atoms with Gasteiger partial charge in [0.1, 0.15) is 5.82 Å². The molecule has 2 aromatic rings. The molecule has 0 aromatic carbocycles. The first-order valence-electron chi connectivity index (χ1n) is 7.32. The molecule has 2 aromatic heterocycles. The van der Waals surface area contributed by atoms with Crippen molar-refractivity contribution in [2.75, 3.05) is 18.0 Å². The lowest BCUT2D eigenvalue weighted by Gasteiger charge is -2.30. The molecule has 1 aliphatic rings. The molecule has 0 atom stereocenters. The normalized spacial score (nSPS) is 15.3. The van der Waals surface area contributed by atoms with Crippen molar-refractivity contribution < 1.29 is 0 Å². The standard InChI is InChI=1S/C13H18N4.C2H6/c1-10-11(2)15-13-14-6-9-17(13)12(10)16-7-4-3-5-8-16;1-2/h6,9H,3-5,7-8H2,1-2H3;1-2H3. The Labute approximate surface area is 115 Å². The summed E-state index contributed by atoms with van der Waals surface area (Å²) in [7, 11) is 0. The quantitative estimate of drug-likeness (QED) is 0.788. The van der Waals surface area contributed by atoms with E-state index in [1.807, 2.05) is 26.2 Å². The number of hydrogen-bond acceptors (Lipinski definition) is 3. The van der Waals surface area contributed by atoms with Crippen LogP contribution in [0.1, 0.15) is 44.4 Å². The summed E-state index contributed by atoms with van der Waals surface area (Å²) < 4.78 is 2.12. The lowest BCUT2D eigenvalue weighted by molar-refractivity contribution is 0.570. The van der Waals surface area contributed by atoms with Gasteiger partial charge in [-0.05, 0) is 33.1 Å². The maximum atomic E-state index is 4.52. The Morgan fingerprint density at radius 3 is 2.42 bits per heavy atom. The molecular weight excluding hydrogens is 236 g/mol. The molecule has 104 valence electrons. The van der Waals surface area contributed by atoms with Crippen molar-refractivity contribution in [3.63, 3.8) is 0 Å². The molecule has 4 nitrogen and oxygen atoms in total. The molecule has 19 heavy (non-hydrogen) atoms. The maximum Gasteiger partial charge on any atom is 0.235 e. The van der Waals surface area contributed by atoms with Crippen molar-refractivity contribution in [2.45, 2.75) is 47.0 Å². The van der Waals surface area contributed by atoms with Crippen LogP contribution >= 0.6 is 0 Å². The van der Waals surface area contributed by atoms with E-state index in [9.17, 15) is 0 Å². The predicted molar refractivity (Wildman–Crippen MR) is 79.9 cm³/mol. The lowest BCUT2D eigenvalue weighted by atomic mass is 10.1. The molecule has 3 heterocycles. The number of hydrogen-bond donors (Lipinski definition) is 0. The Morgan fingerprint density at radius 2 is 1.74 bits per heavy atom. The van der Waals surface area contributed by atoms with Gasteiger partial charge in [-0.25, -0.2) is 9.97 Å². The average molecular weight is 260 g/mol. The Balaban J connectivity index is 0.000000637. The van der Waals surface area contributed by atoms with Crippen LogP contribution in [0.4, 0.5) is 5.82 Å². The van der Waals surface area contributed by atoms with Crippen LogP contribution in [0, 0.1) is 13.8 Å². The summed E-state index contributed by atoms with van der Waals surface area (Å²) in [5.74, 6) is 2.10. The van der Waals surface area contributed by atoms with Gasteiger partial charge < -0.3 is 4.90 Å². The number of aryl methyl sites for hydroxylation is 1. The number of anilines is 1. The van der Waals surface area contributed by atoms with E-state index in [1.165, 1.54) is 30.6 Å². The zero-order valence-corrected chi connectivity index (χ0v) is 12.5. The molecule has 3 rings (SSSR count). The molecule has 0 unspecified atom stereocenters. The summed E-state index contributed by atoms with van der Waals surface area (Å²) in [5.41, 5.74) is 2.36. The van der Waals surface area contributed by atoms with Crippen molar-refractivity contribution in [3.8, 4) is 0 Å². The highest BCUT2D eigenvalue weighted by atomic mass is 15.3. The Bertz CT molecular complexity index is 538. The van der Waals surface area contributed by atoms with E-state index in [-0.39, 0.29) is 0 Å². The highest BCUT2D eigenvalue weighted by molar-refractivity contribution is 5.55. The van der Waals surface area contributed by atoms with Crippen LogP contribution in [0.2, 0.25) is 0 Å². The topological polar surface area (TPSA) is 33.4 Å². The van der Waals surface area contributed by atoms with Crippen molar-refractivity contribution >= 4 is 11.6 Å². The zero-order chi connectivity index (χ0) is 13.8. The monoisotopic (exact) mass is 260 g/mol. The summed E-state index contributed by atoms with van der Waals surface area (Å²) in [6.45, 7) is 10.5. The third-order valence-electron chi connectivity index (χ3n) is 3.65. The van der Waals surface area contributed by atoms with Crippen molar-refractivity contribution in [2.24, 2.45) is 0 Å². The molecule has 0 spiro atoms. The van der Waals surface area contributed by atoms with Crippen LogP contribution in [-0.2, 0) is 0 Å². The molecule has 1 fully saturated rings. The van der Waals surface area contributed by atoms with Crippen LogP contribution in [0.3, 0.4) is 0 Å². The fraction of sp³-hybridized carbons (Fsp3) is 0.600. The Morgan fingerprint density at radius 1 is 1.05 bits per heavy atom. The van der Waals surface area contributed by atoms with Crippen LogP contribution in [0.15, 0.2) is 12.4 Å². The van der Waals surface area contributed by atoms with Crippen molar-refractivity contribution in [1.29, 1.82) is 0 Å². The summed E-state index contributed by atoms with van der Waals surface area (Å²) in [4.78, 5) is 11.3. The van der Waals surface area contributed by atoms with E-state index >= 15 is 0 Å². The zero-order valence-electron chi connectivity index (χ0n) is 12.5. The highest BCUT2D eigenvalue weighted by Crippen LogP contribution is 2.25. The molecule has 0 saturated carbocycles. The fourth-order valence-electron chi connectivity index (χ4n) is 2.62. The molecule has 4 heteroatoms. The van der Waals surface area contributed by atoms with Gasteiger partial charge in [0.2, 0.25) is 5.78 Å². The minimum atomic E-state index is 0.814. The summed E-state index contributed by atoms with van der Waals surface area (Å²) in [5, 5.41) is 0. The third kappa shape index (κ3) is 2.57. The molecule has 1 aliphatic heterocycles. The van der Waals surface area contributed by atoms with E-state index in [4.69, 9.17) is 0 Å². The summed E-state index contributed by atoms with van der Waals surface area (Å²) in [6.07, 6.45) is 7.77. The van der Waals surface area contributed by atoms with Gasteiger partial charge in [-0.1, -0.05) is 13.8 Å². The Kier molecular flexibility index (Phi) is 4.40. The van der Waals surface area contributed by atoms with Crippen LogP contribution in [0.25, 0.3) is 5.78 Å². The van der Waals surface area contributed by atoms with Gasteiger partial charge >= 0.3 is 0 Å². The largest absolute Gasteiger partial charge is 0.357 e. The second-order valence-corrected chi connectivity index (χ2v) is 4.79. The summed E-state index contributed by atoms with van der Waals surface area (Å²) in [6, 6.07) is 0. The van der Waals surface area contributed by atoms with Gasteiger partial charge in [-0.3, -0.25) is 4.40 Å². The minimum Gasteiger partial charge on any atom is -0.357 e. The van der Waals surface area contributed by atoms with Gasteiger partial charge in [-0.2, -0.15) is 0 Å². The van der Waals surface area contributed by atoms with E-state index < -0.39 is 0 Å². The maximum absolute atomic E-state index is 4.52. The summed E-state index contributed by atoms with van der Waals surface area (Å²) >= 11 is 0. The fourth-order valence-corrected chi connectivity index (χ4v) is 2.62. The van der Waals surface area contributed by atoms with Gasteiger partial charge in [0, 0.05) is 36.7 Å². The average Bonchev–Trinajstić information content (AvgIpc) is 2.91. The van der Waals surface area contributed by atoms with E-state index in [0.717, 1.165) is 24.6 Å². The molecule has 0 amide bonds. The van der Waals surface area contributed by atoms with Crippen molar-refractivity contribution in [1.82, 2.24) is 14.4 Å². The molecule has 0 bridgehead atoms. The van der Waals surface area contributed by atoms with Crippen LogP contribution in [0.5, 0.6) is 0 Å². The predicted octanol–water partition coefficient (Wildman–Crippen LogP) is 3.36. The third-order valence-corrected chi connectivity index (χ3v) is 3.65. The first kappa shape index (κ1) is 13.8. The second kappa shape index (κ2) is 6.04. The number of piperidine rings is 1. The molecule has 0 aliphatic carbocycles.